The molecule has 1 heterocycles. The van der Waals surface area contributed by atoms with Gasteiger partial charge in [-0.05, 0) is 31.0 Å². The van der Waals surface area contributed by atoms with Crippen LogP contribution in [0.2, 0.25) is 0 Å². The molecule has 12 heavy (non-hydrogen) atoms. The largest absolute Gasteiger partial charge is 0.371 e. The van der Waals surface area contributed by atoms with Crippen LogP contribution in [0.25, 0.3) is 0 Å². The Morgan fingerprint density at radius 3 is 3.08 bits per heavy atom. The third-order valence-electron chi connectivity index (χ3n) is 2.42. The Labute approximate surface area is 71.8 Å². The second-order valence-electron chi connectivity index (χ2n) is 3.10. The maximum Gasteiger partial charge on any atom is 0.125 e. The first-order chi connectivity index (χ1) is 5.81. The minimum Gasteiger partial charge on any atom is -0.371 e. The molecule has 1 nitrogen and oxygen atoms in total. The predicted octanol–water partition coefficient (Wildman–Crippen LogP) is 2.21. The van der Waals surface area contributed by atoms with Gasteiger partial charge >= 0.3 is 0 Å². The summed E-state index contributed by atoms with van der Waals surface area (Å²) in [6.45, 7) is 4.10. The molecule has 1 aliphatic rings. The molecule has 1 aromatic rings. The Kier molecular flexibility index (Phi) is 1.75. The summed E-state index contributed by atoms with van der Waals surface area (Å²) in [6.07, 6.45) is 1.06. The molecule has 0 unspecified atom stereocenters. The Morgan fingerprint density at radius 1 is 1.50 bits per heavy atom. The van der Waals surface area contributed by atoms with Crippen molar-refractivity contribution >= 4 is 5.69 Å². The van der Waals surface area contributed by atoms with E-state index in [0.717, 1.165) is 25.2 Å². The molecule has 0 radical (unpaired) electrons. The predicted molar refractivity (Wildman–Crippen MR) is 48.0 cm³/mol. The van der Waals surface area contributed by atoms with Crippen molar-refractivity contribution in [1.29, 1.82) is 0 Å². The number of halogens is 1. The lowest BCUT2D eigenvalue weighted by molar-refractivity contribution is 0.627. The van der Waals surface area contributed by atoms with Crippen LogP contribution < -0.4 is 4.90 Å². The lowest BCUT2D eigenvalue weighted by atomic mass is 10.2. The molecule has 0 saturated heterocycles. The summed E-state index contributed by atoms with van der Waals surface area (Å²) < 4.78 is 12.8. The molecule has 0 saturated carbocycles. The highest BCUT2D eigenvalue weighted by Gasteiger charge is 2.17. The van der Waals surface area contributed by atoms with Gasteiger partial charge in [0, 0.05) is 18.8 Å². The number of anilines is 1. The van der Waals surface area contributed by atoms with Crippen LogP contribution in [0.15, 0.2) is 18.2 Å². The zero-order chi connectivity index (χ0) is 8.55. The van der Waals surface area contributed by atoms with E-state index >= 15 is 0 Å². The Morgan fingerprint density at radius 2 is 2.33 bits per heavy atom. The van der Waals surface area contributed by atoms with Gasteiger partial charge in [0.15, 0.2) is 0 Å². The van der Waals surface area contributed by atoms with Gasteiger partial charge in [0.1, 0.15) is 5.82 Å². The summed E-state index contributed by atoms with van der Waals surface area (Å²) in [5, 5.41) is 0. The van der Waals surface area contributed by atoms with E-state index in [1.54, 1.807) is 6.07 Å². The normalized spacial score (nSPS) is 15.0. The van der Waals surface area contributed by atoms with Gasteiger partial charge in [-0.3, -0.25) is 0 Å². The first-order valence-corrected chi connectivity index (χ1v) is 4.34. The monoisotopic (exact) mass is 165 g/mol. The van der Waals surface area contributed by atoms with Crippen molar-refractivity contribution in [2.24, 2.45) is 0 Å². The van der Waals surface area contributed by atoms with Crippen LogP contribution in [0, 0.1) is 5.82 Å². The molecule has 0 bridgehead atoms. The van der Waals surface area contributed by atoms with Gasteiger partial charge < -0.3 is 4.90 Å². The zero-order valence-corrected chi connectivity index (χ0v) is 7.18. The molecule has 0 N–H and O–H groups in total. The van der Waals surface area contributed by atoms with E-state index in [9.17, 15) is 4.39 Å². The van der Waals surface area contributed by atoms with Crippen molar-refractivity contribution < 1.29 is 4.39 Å². The zero-order valence-electron chi connectivity index (χ0n) is 7.18. The Hall–Kier alpha value is -1.05. The smallest absolute Gasteiger partial charge is 0.125 e. The maximum atomic E-state index is 12.8. The third kappa shape index (κ3) is 1.07. The van der Waals surface area contributed by atoms with Crippen LogP contribution in [0.1, 0.15) is 12.5 Å². The molecule has 64 valence electrons. The summed E-state index contributed by atoms with van der Waals surface area (Å²) in [7, 11) is 0. The summed E-state index contributed by atoms with van der Waals surface area (Å²) in [5.74, 6) is -0.130. The van der Waals surface area contributed by atoms with Crippen molar-refractivity contribution in [3.8, 4) is 0 Å². The summed E-state index contributed by atoms with van der Waals surface area (Å²) in [6, 6.07) is 5.06. The first kappa shape index (κ1) is 7.59. The quantitative estimate of drug-likeness (QED) is 0.616. The van der Waals surface area contributed by atoms with Crippen molar-refractivity contribution in [3.05, 3.63) is 29.6 Å². The second-order valence-corrected chi connectivity index (χ2v) is 3.10. The van der Waals surface area contributed by atoms with Gasteiger partial charge in [0.2, 0.25) is 0 Å². The lowest BCUT2D eigenvalue weighted by Crippen LogP contribution is -2.19. The van der Waals surface area contributed by atoms with Crippen LogP contribution in [0.5, 0.6) is 0 Å². The average molecular weight is 165 g/mol. The van der Waals surface area contributed by atoms with Crippen LogP contribution >= 0.6 is 0 Å². The molecule has 0 spiro atoms. The lowest BCUT2D eigenvalue weighted by Gasteiger charge is -2.15. The molecule has 0 aliphatic carbocycles. The Bertz CT molecular complexity index is 296. The fourth-order valence-electron chi connectivity index (χ4n) is 1.75. The van der Waals surface area contributed by atoms with E-state index in [2.05, 4.69) is 11.8 Å². The standard InChI is InChI=1S/C10H12FN/c1-2-12-6-5-8-3-4-9(11)7-10(8)12/h3-4,7H,2,5-6H2,1H3. The van der Waals surface area contributed by atoms with Crippen LogP contribution in [0.3, 0.4) is 0 Å². The van der Waals surface area contributed by atoms with Crippen molar-refractivity contribution in [2.75, 3.05) is 18.0 Å². The highest BCUT2D eigenvalue weighted by atomic mass is 19.1. The number of hydrogen-bond donors (Lipinski definition) is 0. The van der Waals surface area contributed by atoms with Gasteiger partial charge in [-0.2, -0.15) is 0 Å². The van der Waals surface area contributed by atoms with E-state index in [0.29, 0.717) is 0 Å². The van der Waals surface area contributed by atoms with Crippen LogP contribution in [-0.2, 0) is 6.42 Å². The molecule has 2 heteroatoms. The highest BCUT2D eigenvalue weighted by molar-refractivity contribution is 5.57. The maximum absolute atomic E-state index is 12.8. The highest BCUT2D eigenvalue weighted by Crippen LogP contribution is 2.27. The number of nitrogens with zero attached hydrogens (tertiary/aromatic N) is 1. The molecular formula is C10H12FN. The van der Waals surface area contributed by atoms with Crippen molar-refractivity contribution in [1.82, 2.24) is 0 Å². The van der Waals surface area contributed by atoms with Crippen molar-refractivity contribution in [2.45, 2.75) is 13.3 Å². The van der Waals surface area contributed by atoms with E-state index in [-0.39, 0.29) is 5.82 Å². The summed E-state index contributed by atoms with van der Waals surface area (Å²) in [5.41, 5.74) is 2.36. The SMILES string of the molecule is CCN1CCc2ccc(F)cc21. The van der Waals surface area contributed by atoms with Gasteiger partial charge in [-0.1, -0.05) is 6.07 Å². The second kappa shape index (κ2) is 2.77. The molecule has 0 atom stereocenters. The average Bonchev–Trinajstić information content (AvgIpc) is 2.46. The van der Waals surface area contributed by atoms with Gasteiger partial charge in [-0.15, -0.1) is 0 Å². The van der Waals surface area contributed by atoms with E-state index in [1.807, 2.05) is 6.07 Å². The summed E-state index contributed by atoms with van der Waals surface area (Å²) in [4.78, 5) is 2.21. The first-order valence-electron chi connectivity index (χ1n) is 4.34. The van der Waals surface area contributed by atoms with E-state index in [1.165, 1.54) is 11.6 Å². The van der Waals surface area contributed by atoms with Crippen LogP contribution in [-0.4, -0.2) is 13.1 Å². The third-order valence-corrected chi connectivity index (χ3v) is 2.42. The molecule has 0 amide bonds. The topological polar surface area (TPSA) is 3.24 Å². The van der Waals surface area contributed by atoms with Crippen LogP contribution in [0.4, 0.5) is 10.1 Å². The summed E-state index contributed by atoms with van der Waals surface area (Å²) >= 11 is 0. The Balaban J connectivity index is 2.42. The fourth-order valence-corrected chi connectivity index (χ4v) is 1.75. The molecule has 0 fully saturated rings. The molecule has 2 rings (SSSR count). The van der Waals surface area contributed by atoms with Gasteiger partial charge in [0.05, 0.1) is 0 Å². The number of likely N-dealkylation sites (N-methyl/N-ethyl adjacent to an activating group) is 1. The van der Waals surface area contributed by atoms with Gasteiger partial charge in [-0.25, -0.2) is 4.39 Å². The van der Waals surface area contributed by atoms with E-state index in [4.69, 9.17) is 0 Å². The number of benzene rings is 1. The molecule has 1 aliphatic heterocycles. The minimum absolute atomic E-state index is 0.130. The van der Waals surface area contributed by atoms with Gasteiger partial charge in [0.25, 0.3) is 0 Å². The number of fused-ring (bicyclic) bond motifs is 1. The molecular weight excluding hydrogens is 153 g/mol. The number of hydrogen-bond acceptors (Lipinski definition) is 1. The fraction of sp³-hybridized carbons (Fsp3) is 0.400. The van der Waals surface area contributed by atoms with E-state index < -0.39 is 0 Å². The number of rotatable bonds is 1. The van der Waals surface area contributed by atoms with Crippen molar-refractivity contribution in [3.63, 3.8) is 0 Å². The molecule has 1 aromatic carbocycles. The molecule has 0 aromatic heterocycles. The minimum atomic E-state index is -0.130.